The molecule has 2 aromatic rings. The molecule has 0 radical (unpaired) electrons. The molecule has 2 N–H and O–H groups in total. The minimum atomic E-state index is -0.869. The summed E-state index contributed by atoms with van der Waals surface area (Å²) in [5.74, 6) is 0.350. The van der Waals surface area contributed by atoms with E-state index in [4.69, 9.17) is 4.37 Å². The zero-order chi connectivity index (χ0) is 25.3. The molecule has 37 heavy (non-hydrogen) atoms. The van der Waals surface area contributed by atoms with Gasteiger partial charge in [-0.2, -0.15) is 4.37 Å². The van der Waals surface area contributed by atoms with E-state index in [0.717, 1.165) is 57.8 Å². The van der Waals surface area contributed by atoms with Crippen LogP contribution in [0, 0.1) is 35.5 Å². The van der Waals surface area contributed by atoms with Crippen molar-refractivity contribution in [2.24, 2.45) is 35.5 Å². The molecule has 0 spiro atoms. The number of benzene rings is 1. The van der Waals surface area contributed by atoms with E-state index in [1.54, 1.807) is 11.5 Å². The Bertz CT molecular complexity index is 1160. The van der Waals surface area contributed by atoms with Crippen molar-refractivity contribution in [2.75, 3.05) is 44.2 Å². The van der Waals surface area contributed by atoms with Crippen LogP contribution < -0.4 is 4.90 Å². The molecule has 3 heterocycles. The van der Waals surface area contributed by atoms with Gasteiger partial charge in [0, 0.05) is 56.5 Å². The first-order chi connectivity index (χ1) is 18.0. The maximum atomic E-state index is 13.3. The number of anilines is 1. The molecule has 2 unspecified atom stereocenters. The number of likely N-dealkylation sites (tertiary alicyclic amines) is 1. The first-order valence-corrected chi connectivity index (χ1v) is 14.8. The summed E-state index contributed by atoms with van der Waals surface area (Å²) in [5, 5.41) is 22.0. The van der Waals surface area contributed by atoms with Crippen LogP contribution in [0.25, 0.3) is 10.1 Å². The highest BCUT2D eigenvalue weighted by molar-refractivity contribution is 7.13. The predicted octanol–water partition coefficient (Wildman–Crippen LogP) is 2.20. The molecule has 8 nitrogen and oxygen atoms in total. The Morgan fingerprint density at radius 2 is 1.49 bits per heavy atom. The number of nitrogens with zero attached hydrogens (tertiary/aromatic N) is 4. The number of carbonyl (C=O) groups is 2. The lowest BCUT2D eigenvalue weighted by Crippen LogP contribution is -2.49. The highest BCUT2D eigenvalue weighted by atomic mass is 32.1. The van der Waals surface area contributed by atoms with E-state index in [-0.39, 0.29) is 23.7 Å². The fraction of sp³-hybridized carbons (Fsp3) is 0.679. The number of piperazine rings is 1. The second kappa shape index (κ2) is 9.29. The Morgan fingerprint density at radius 3 is 2.16 bits per heavy atom. The lowest BCUT2D eigenvalue weighted by atomic mass is 9.78. The summed E-state index contributed by atoms with van der Waals surface area (Å²) in [6, 6.07) is 8.44. The average molecular weight is 525 g/mol. The number of imide groups is 1. The van der Waals surface area contributed by atoms with Gasteiger partial charge < -0.3 is 15.1 Å². The third-order valence-electron chi connectivity index (χ3n) is 10.2. The van der Waals surface area contributed by atoms with Gasteiger partial charge in [0.25, 0.3) is 0 Å². The number of amides is 2. The standard InChI is InChI=1S/C28H36N4O4S/c33-24-19-13-20(25(24)34)23-22(19)27(35)32(28(23)36)15-17-6-2-1-5-16(17)14-30-9-11-31(12-10-30)26-18-7-3-4-8-21(18)37-29-26/h3-4,7-8,16-17,19-20,22-25,33-34H,1-2,5-6,9-15H2/t16-,17-,19-,20+,22+,23-,24?,25?/m0/s1. The van der Waals surface area contributed by atoms with Crippen LogP contribution in [0.2, 0.25) is 0 Å². The van der Waals surface area contributed by atoms with E-state index >= 15 is 0 Å². The van der Waals surface area contributed by atoms with E-state index in [9.17, 15) is 19.8 Å². The van der Waals surface area contributed by atoms with Crippen molar-refractivity contribution in [2.45, 2.75) is 44.3 Å². The average Bonchev–Trinajstić information content (AvgIpc) is 3.65. The van der Waals surface area contributed by atoms with Gasteiger partial charge in [-0.15, -0.1) is 0 Å². The Balaban J connectivity index is 0.991. The van der Waals surface area contributed by atoms with Crippen molar-refractivity contribution in [3.63, 3.8) is 0 Å². The molecule has 198 valence electrons. The van der Waals surface area contributed by atoms with Crippen molar-refractivity contribution in [3.8, 4) is 0 Å². The minimum Gasteiger partial charge on any atom is -0.390 e. The second-order valence-electron chi connectivity index (χ2n) is 12.0. The largest absolute Gasteiger partial charge is 0.390 e. The van der Waals surface area contributed by atoms with Gasteiger partial charge in [0.15, 0.2) is 0 Å². The number of carbonyl (C=O) groups excluding carboxylic acids is 2. The quantitative estimate of drug-likeness (QED) is 0.579. The Morgan fingerprint density at radius 1 is 0.865 bits per heavy atom. The van der Waals surface area contributed by atoms with Gasteiger partial charge >= 0.3 is 0 Å². The monoisotopic (exact) mass is 524 g/mol. The van der Waals surface area contributed by atoms with Crippen LogP contribution in [0.15, 0.2) is 24.3 Å². The van der Waals surface area contributed by atoms with Crippen molar-refractivity contribution in [1.82, 2.24) is 14.2 Å². The highest BCUT2D eigenvalue weighted by Gasteiger charge is 2.67. The zero-order valence-electron chi connectivity index (χ0n) is 21.1. The first-order valence-electron chi connectivity index (χ1n) is 14.0. The van der Waals surface area contributed by atoms with E-state index < -0.39 is 24.0 Å². The molecular weight excluding hydrogens is 488 g/mol. The first kappa shape index (κ1) is 24.0. The number of hydrogen-bond donors (Lipinski definition) is 2. The van der Waals surface area contributed by atoms with Gasteiger partial charge in [-0.1, -0.05) is 25.0 Å². The van der Waals surface area contributed by atoms with Crippen LogP contribution in [0.5, 0.6) is 0 Å². The fourth-order valence-electron chi connectivity index (χ4n) is 8.25. The van der Waals surface area contributed by atoms with Crippen molar-refractivity contribution in [3.05, 3.63) is 24.3 Å². The lowest BCUT2D eigenvalue weighted by molar-refractivity contribution is -0.142. The Labute approximate surface area is 221 Å². The van der Waals surface area contributed by atoms with Gasteiger partial charge in [0.1, 0.15) is 5.82 Å². The van der Waals surface area contributed by atoms with Gasteiger partial charge in [-0.3, -0.25) is 19.4 Å². The second-order valence-corrected chi connectivity index (χ2v) is 12.8. The summed E-state index contributed by atoms with van der Waals surface area (Å²) in [6.07, 6.45) is 3.42. The lowest BCUT2D eigenvalue weighted by Gasteiger charge is -2.40. The van der Waals surface area contributed by atoms with Crippen molar-refractivity contribution in [1.29, 1.82) is 0 Å². The summed E-state index contributed by atoms with van der Waals surface area (Å²) >= 11 is 1.57. The Hall–Kier alpha value is -2.07. The molecule has 2 aliphatic heterocycles. The number of aliphatic hydroxyl groups excluding tert-OH is 2. The summed E-state index contributed by atoms with van der Waals surface area (Å²) in [6.45, 7) is 5.45. The highest BCUT2D eigenvalue weighted by Crippen LogP contribution is 2.56. The molecule has 2 saturated heterocycles. The van der Waals surface area contributed by atoms with Gasteiger partial charge in [0.05, 0.1) is 28.7 Å². The molecule has 1 aromatic heterocycles. The molecule has 7 rings (SSSR count). The van der Waals surface area contributed by atoms with Gasteiger partial charge in [0.2, 0.25) is 11.8 Å². The van der Waals surface area contributed by atoms with Crippen LogP contribution >= 0.6 is 11.5 Å². The topological polar surface area (TPSA) is 97.2 Å². The number of fused-ring (bicyclic) bond motifs is 6. The van der Waals surface area contributed by atoms with E-state index in [1.807, 2.05) is 0 Å². The molecule has 9 heteroatoms. The summed E-state index contributed by atoms with van der Waals surface area (Å²) < 4.78 is 5.97. The van der Waals surface area contributed by atoms with Crippen LogP contribution in [0.4, 0.5) is 5.82 Å². The van der Waals surface area contributed by atoms with Crippen LogP contribution in [-0.2, 0) is 9.59 Å². The number of rotatable bonds is 5. The van der Waals surface area contributed by atoms with Crippen molar-refractivity contribution < 1.29 is 19.8 Å². The predicted molar refractivity (Wildman–Crippen MR) is 141 cm³/mol. The molecule has 1 aromatic carbocycles. The summed E-state index contributed by atoms with van der Waals surface area (Å²) in [7, 11) is 0. The maximum absolute atomic E-state index is 13.3. The van der Waals surface area contributed by atoms with Crippen LogP contribution in [-0.4, -0.2) is 87.7 Å². The third-order valence-corrected chi connectivity index (χ3v) is 11.0. The number of aliphatic hydroxyl groups is 2. The third kappa shape index (κ3) is 3.84. The van der Waals surface area contributed by atoms with Crippen LogP contribution in [0.3, 0.4) is 0 Å². The molecule has 3 aliphatic carbocycles. The maximum Gasteiger partial charge on any atom is 0.233 e. The molecular formula is C28H36N4O4S. The van der Waals surface area contributed by atoms with Crippen molar-refractivity contribution >= 4 is 39.3 Å². The SMILES string of the molecule is O=C1[C@@H]2[C@H](C(=O)N1C[C@@H]1CCCC[C@H]1CN1CCN(c3nsc4ccccc34)CC1)[C@@H]1C[C@H]2C(O)C1O. The van der Waals surface area contributed by atoms with Gasteiger partial charge in [-0.25, -0.2) is 0 Å². The number of hydrogen-bond acceptors (Lipinski definition) is 8. The van der Waals surface area contributed by atoms with E-state index in [0.29, 0.717) is 24.8 Å². The zero-order valence-corrected chi connectivity index (χ0v) is 21.9. The minimum absolute atomic E-state index is 0.0955. The number of aromatic nitrogens is 1. The Kier molecular flexibility index (Phi) is 6.03. The van der Waals surface area contributed by atoms with E-state index in [1.165, 1.54) is 21.4 Å². The molecule has 2 amide bonds. The van der Waals surface area contributed by atoms with Crippen LogP contribution in [0.1, 0.15) is 32.1 Å². The molecule has 5 fully saturated rings. The smallest absolute Gasteiger partial charge is 0.233 e. The molecule has 8 atom stereocenters. The van der Waals surface area contributed by atoms with E-state index in [2.05, 4.69) is 34.1 Å². The summed E-state index contributed by atoms with van der Waals surface area (Å²) in [5.41, 5.74) is 0. The fourth-order valence-corrected chi connectivity index (χ4v) is 9.04. The molecule has 3 saturated carbocycles. The molecule has 2 bridgehead atoms. The molecule has 5 aliphatic rings. The van der Waals surface area contributed by atoms with Gasteiger partial charge in [-0.05, 0) is 54.8 Å². The summed E-state index contributed by atoms with van der Waals surface area (Å²) in [4.78, 5) is 33.2. The normalized spacial score (nSPS) is 38.2.